The molecule has 0 amide bonds. The van der Waals surface area contributed by atoms with E-state index in [0.29, 0.717) is 22.8 Å². The van der Waals surface area contributed by atoms with Crippen molar-refractivity contribution in [3.05, 3.63) is 29.3 Å². The SMILES string of the molecule is COc1ccc(C)cc1-c1nn(C)c(N)c1C=O. The topological polar surface area (TPSA) is 70.1 Å². The summed E-state index contributed by atoms with van der Waals surface area (Å²) in [5.74, 6) is 1.02. The molecule has 0 aliphatic carbocycles. The highest BCUT2D eigenvalue weighted by molar-refractivity contribution is 5.92. The molecule has 1 heterocycles. The second kappa shape index (κ2) is 4.52. The summed E-state index contributed by atoms with van der Waals surface area (Å²) in [6.45, 7) is 1.97. The second-order valence-electron chi connectivity index (χ2n) is 4.09. The third-order valence-corrected chi connectivity index (χ3v) is 2.86. The molecule has 2 N–H and O–H groups in total. The Hall–Kier alpha value is -2.30. The summed E-state index contributed by atoms with van der Waals surface area (Å²) in [7, 11) is 3.29. The Morgan fingerprint density at radius 3 is 2.78 bits per heavy atom. The lowest BCUT2D eigenvalue weighted by molar-refractivity contribution is 0.112. The van der Waals surface area contributed by atoms with Gasteiger partial charge in [0.15, 0.2) is 6.29 Å². The van der Waals surface area contributed by atoms with Crippen LogP contribution in [0.3, 0.4) is 0 Å². The molecule has 18 heavy (non-hydrogen) atoms. The summed E-state index contributed by atoms with van der Waals surface area (Å²) in [5, 5.41) is 4.28. The molecule has 2 aromatic rings. The zero-order valence-corrected chi connectivity index (χ0v) is 10.6. The molecule has 0 atom stereocenters. The van der Waals surface area contributed by atoms with E-state index in [1.54, 1.807) is 14.2 Å². The lowest BCUT2D eigenvalue weighted by Gasteiger charge is -2.07. The van der Waals surface area contributed by atoms with Gasteiger partial charge in [-0.1, -0.05) is 11.6 Å². The van der Waals surface area contributed by atoms with E-state index in [1.165, 1.54) is 4.68 Å². The highest BCUT2D eigenvalue weighted by Gasteiger charge is 2.18. The smallest absolute Gasteiger partial charge is 0.156 e. The van der Waals surface area contributed by atoms with Gasteiger partial charge in [-0.15, -0.1) is 0 Å². The van der Waals surface area contributed by atoms with Crippen LogP contribution in [-0.2, 0) is 7.05 Å². The summed E-state index contributed by atoms with van der Waals surface area (Å²) >= 11 is 0. The van der Waals surface area contributed by atoms with Crippen LogP contribution < -0.4 is 10.5 Å². The largest absolute Gasteiger partial charge is 0.496 e. The Labute approximate surface area is 105 Å². The molecule has 0 saturated carbocycles. The Balaban J connectivity index is 2.72. The van der Waals surface area contributed by atoms with Crippen molar-refractivity contribution >= 4 is 12.1 Å². The molecule has 5 nitrogen and oxygen atoms in total. The van der Waals surface area contributed by atoms with Crippen LogP contribution in [0, 0.1) is 6.92 Å². The molecule has 0 fully saturated rings. The van der Waals surface area contributed by atoms with Crippen LogP contribution in [0.4, 0.5) is 5.82 Å². The van der Waals surface area contributed by atoms with Crippen molar-refractivity contribution < 1.29 is 9.53 Å². The molecule has 0 radical (unpaired) electrons. The number of carbonyl (C=O) groups is 1. The first-order valence-electron chi connectivity index (χ1n) is 5.51. The fourth-order valence-electron chi connectivity index (χ4n) is 1.88. The molecule has 0 bridgehead atoms. The number of carbonyl (C=O) groups excluding carboxylic acids is 1. The monoisotopic (exact) mass is 245 g/mol. The quantitative estimate of drug-likeness (QED) is 0.837. The van der Waals surface area contributed by atoms with E-state index in [-0.39, 0.29) is 0 Å². The molecule has 5 heteroatoms. The van der Waals surface area contributed by atoms with E-state index in [4.69, 9.17) is 10.5 Å². The van der Waals surface area contributed by atoms with Crippen molar-refractivity contribution in [2.75, 3.05) is 12.8 Å². The molecule has 2 rings (SSSR count). The number of anilines is 1. The minimum atomic E-state index is 0.351. The van der Waals surface area contributed by atoms with E-state index < -0.39 is 0 Å². The van der Waals surface area contributed by atoms with Gasteiger partial charge in [-0.3, -0.25) is 9.48 Å². The van der Waals surface area contributed by atoms with Crippen molar-refractivity contribution in [3.63, 3.8) is 0 Å². The van der Waals surface area contributed by atoms with Crippen molar-refractivity contribution in [3.8, 4) is 17.0 Å². The lowest BCUT2D eigenvalue weighted by atomic mass is 10.0. The van der Waals surface area contributed by atoms with Crippen LogP contribution >= 0.6 is 0 Å². The number of ether oxygens (including phenoxy) is 1. The normalized spacial score (nSPS) is 10.4. The number of aryl methyl sites for hydroxylation is 2. The number of methoxy groups -OCH3 is 1. The summed E-state index contributed by atoms with van der Waals surface area (Å²) < 4.78 is 6.78. The maximum absolute atomic E-state index is 11.1. The Kier molecular flexibility index (Phi) is 3.06. The number of hydrogen-bond acceptors (Lipinski definition) is 4. The van der Waals surface area contributed by atoms with Gasteiger partial charge in [-0.25, -0.2) is 0 Å². The average Bonchev–Trinajstić information content (AvgIpc) is 2.65. The molecule has 0 aliphatic rings. The summed E-state index contributed by atoms with van der Waals surface area (Å²) in [5.41, 5.74) is 8.58. The maximum Gasteiger partial charge on any atom is 0.156 e. The molecule has 1 aromatic carbocycles. The molecule has 0 spiro atoms. The summed E-state index contributed by atoms with van der Waals surface area (Å²) in [6.07, 6.45) is 0.722. The second-order valence-corrected chi connectivity index (χ2v) is 4.09. The molecule has 94 valence electrons. The number of hydrogen-bond donors (Lipinski definition) is 1. The number of aldehydes is 1. The van der Waals surface area contributed by atoms with E-state index in [2.05, 4.69) is 5.10 Å². The van der Waals surface area contributed by atoms with Crippen LogP contribution in [-0.4, -0.2) is 23.2 Å². The van der Waals surface area contributed by atoms with Gasteiger partial charge < -0.3 is 10.5 Å². The predicted octanol–water partition coefficient (Wildman–Crippen LogP) is 1.80. The molecular formula is C13H15N3O2. The Morgan fingerprint density at radius 1 is 1.44 bits per heavy atom. The third-order valence-electron chi connectivity index (χ3n) is 2.86. The van der Waals surface area contributed by atoms with Gasteiger partial charge in [0.1, 0.15) is 17.3 Å². The van der Waals surface area contributed by atoms with Gasteiger partial charge >= 0.3 is 0 Å². The number of nitrogen functional groups attached to an aromatic ring is 1. The van der Waals surface area contributed by atoms with Crippen molar-refractivity contribution in [1.29, 1.82) is 0 Å². The van der Waals surface area contributed by atoms with Gasteiger partial charge in [0.25, 0.3) is 0 Å². The molecule has 0 unspecified atom stereocenters. The van der Waals surface area contributed by atoms with Gasteiger partial charge in [-0.2, -0.15) is 5.10 Å². The van der Waals surface area contributed by atoms with Gasteiger partial charge in [0.05, 0.1) is 12.7 Å². The third kappa shape index (κ3) is 1.84. The molecule has 1 aromatic heterocycles. The fourth-order valence-corrected chi connectivity index (χ4v) is 1.88. The first-order chi connectivity index (χ1) is 8.58. The number of aromatic nitrogens is 2. The van der Waals surface area contributed by atoms with Crippen LogP contribution in [0.15, 0.2) is 18.2 Å². The zero-order chi connectivity index (χ0) is 13.3. The Bertz CT molecular complexity index is 603. The highest BCUT2D eigenvalue weighted by atomic mass is 16.5. The standard InChI is InChI=1S/C13H15N3O2/c1-8-4-5-11(18-3)9(6-8)12-10(7-17)13(14)16(2)15-12/h4-7H,14H2,1-3H3. The number of rotatable bonds is 3. The Morgan fingerprint density at radius 2 is 2.17 bits per heavy atom. The highest BCUT2D eigenvalue weighted by Crippen LogP contribution is 2.33. The van der Waals surface area contributed by atoms with Crippen molar-refractivity contribution in [2.45, 2.75) is 6.92 Å². The molecular weight excluding hydrogens is 230 g/mol. The lowest BCUT2D eigenvalue weighted by Crippen LogP contribution is -1.98. The van der Waals surface area contributed by atoms with E-state index in [1.807, 2.05) is 25.1 Å². The van der Waals surface area contributed by atoms with Crippen LogP contribution in [0.2, 0.25) is 0 Å². The maximum atomic E-state index is 11.1. The number of benzene rings is 1. The van der Waals surface area contributed by atoms with Gasteiger partial charge in [0, 0.05) is 12.6 Å². The van der Waals surface area contributed by atoms with E-state index in [0.717, 1.165) is 17.4 Å². The number of nitrogens with two attached hydrogens (primary N) is 1. The van der Waals surface area contributed by atoms with Gasteiger partial charge in [-0.05, 0) is 19.1 Å². The predicted molar refractivity (Wildman–Crippen MR) is 69.7 cm³/mol. The van der Waals surface area contributed by atoms with Crippen LogP contribution in [0.1, 0.15) is 15.9 Å². The van der Waals surface area contributed by atoms with Crippen molar-refractivity contribution in [1.82, 2.24) is 9.78 Å². The minimum Gasteiger partial charge on any atom is -0.496 e. The first-order valence-corrected chi connectivity index (χ1v) is 5.51. The average molecular weight is 245 g/mol. The molecule has 0 saturated heterocycles. The van der Waals surface area contributed by atoms with E-state index >= 15 is 0 Å². The number of nitrogens with zero attached hydrogens (tertiary/aromatic N) is 2. The van der Waals surface area contributed by atoms with E-state index in [9.17, 15) is 4.79 Å². The summed E-state index contributed by atoms with van der Waals surface area (Å²) in [4.78, 5) is 11.1. The minimum absolute atomic E-state index is 0.351. The molecule has 0 aliphatic heterocycles. The fraction of sp³-hybridized carbons (Fsp3) is 0.231. The summed E-state index contributed by atoms with van der Waals surface area (Å²) in [6, 6.07) is 5.72. The van der Waals surface area contributed by atoms with Crippen LogP contribution in [0.5, 0.6) is 5.75 Å². The zero-order valence-electron chi connectivity index (χ0n) is 10.6. The van der Waals surface area contributed by atoms with Crippen molar-refractivity contribution in [2.24, 2.45) is 7.05 Å². The first kappa shape index (κ1) is 12.2. The van der Waals surface area contributed by atoms with Gasteiger partial charge in [0.2, 0.25) is 0 Å². The van der Waals surface area contributed by atoms with Crippen LogP contribution in [0.25, 0.3) is 11.3 Å².